The van der Waals surface area contributed by atoms with Gasteiger partial charge >= 0.3 is 0 Å². The predicted octanol–water partition coefficient (Wildman–Crippen LogP) is 3.11. The summed E-state index contributed by atoms with van der Waals surface area (Å²) in [6, 6.07) is 8.66. The molecule has 3 heteroatoms. The maximum absolute atomic E-state index is 11.8. The van der Waals surface area contributed by atoms with Crippen LogP contribution in [0.5, 0.6) is 0 Å². The van der Waals surface area contributed by atoms with Crippen molar-refractivity contribution in [3.05, 3.63) is 29.8 Å². The van der Waals surface area contributed by atoms with Gasteiger partial charge in [-0.2, -0.15) is 0 Å². The van der Waals surface area contributed by atoms with Gasteiger partial charge in [-0.3, -0.25) is 4.79 Å². The summed E-state index contributed by atoms with van der Waals surface area (Å²) in [7, 11) is 0. The second-order valence-corrected chi connectivity index (χ2v) is 5.31. The molecule has 2 N–H and O–H groups in total. The van der Waals surface area contributed by atoms with Crippen LogP contribution < -0.4 is 10.6 Å². The first-order valence-electron chi connectivity index (χ1n) is 7.40. The minimum atomic E-state index is 0.103. The van der Waals surface area contributed by atoms with Crippen molar-refractivity contribution in [2.45, 2.75) is 51.5 Å². The lowest BCUT2D eigenvalue weighted by atomic mass is 9.95. The molecule has 0 unspecified atom stereocenters. The summed E-state index contributed by atoms with van der Waals surface area (Å²) < 4.78 is 0. The fraction of sp³-hybridized carbons (Fsp3) is 0.562. The van der Waals surface area contributed by atoms with Crippen LogP contribution in [0.25, 0.3) is 0 Å². The Morgan fingerprint density at radius 3 is 2.47 bits per heavy atom. The molecule has 0 atom stereocenters. The van der Waals surface area contributed by atoms with E-state index in [2.05, 4.69) is 29.7 Å². The van der Waals surface area contributed by atoms with Crippen LogP contribution in [-0.2, 0) is 11.2 Å². The number of amides is 1. The number of aryl methyl sites for hydroxylation is 1. The molecular weight excluding hydrogens is 236 g/mol. The van der Waals surface area contributed by atoms with Crippen molar-refractivity contribution in [1.29, 1.82) is 0 Å². The summed E-state index contributed by atoms with van der Waals surface area (Å²) in [4.78, 5) is 11.8. The molecular formula is C16H24N2O. The van der Waals surface area contributed by atoms with E-state index in [1.807, 2.05) is 12.1 Å². The van der Waals surface area contributed by atoms with Crippen molar-refractivity contribution < 1.29 is 4.79 Å². The fourth-order valence-corrected chi connectivity index (χ4v) is 2.57. The molecule has 1 fully saturated rings. The number of rotatable bonds is 5. The van der Waals surface area contributed by atoms with Gasteiger partial charge in [0.2, 0.25) is 5.91 Å². The van der Waals surface area contributed by atoms with E-state index in [9.17, 15) is 4.79 Å². The van der Waals surface area contributed by atoms with Gasteiger partial charge in [-0.25, -0.2) is 0 Å². The highest BCUT2D eigenvalue weighted by Crippen LogP contribution is 2.17. The van der Waals surface area contributed by atoms with Crippen molar-refractivity contribution in [3.63, 3.8) is 0 Å². The van der Waals surface area contributed by atoms with Crippen molar-refractivity contribution in [2.75, 3.05) is 11.9 Å². The average Bonchev–Trinajstić information content (AvgIpc) is 2.47. The first kappa shape index (κ1) is 13.9. The minimum Gasteiger partial charge on any atom is -0.376 e. The van der Waals surface area contributed by atoms with Gasteiger partial charge in [0.1, 0.15) is 0 Å². The Kier molecular flexibility index (Phi) is 5.25. The van der Waals surface area contributed by atoms with Crippen LogP contribution in [0, 0.1) is 0 Å². The highest BCUT2D eigenvalue weighted by Gasteiger charge is 2.15. The standard InChI is InChI=1S/C16H24N2O/c1-2-13-8-10-14(11-9-13)17-12-16(19)18-15-6-4-3-5-7-15/h8-11,15,17H,2-7,12H2,1H3,(H,18,19). The second kappa shape index (κ2) is 7.17. The second-order valence-electron chi connectivity index (χ2n) is 5.31. The molecule has 0 radical (unpaired) electrons. The average molecular weight is 260 g/mol. The van der Waals surface area contributed by atoms with E-state index in [1.54, 1.807) is 0 Å². The summed E-state index contributed by atoms with van der Waals surface area (Å²) >= 11 is 0. The van der Waals surface area contributed by atoms with Crippen molar-refractivity contribution in [2.24, 2.45) is 0 Å². The van der Waals surface area contributed by atoms with Crippen molar-refractivity contribution in [1.82, 2.24) is 5.32 Å². The van der Waals surface area contributed by atoms with Crippen LogP contribution in [0.15, 0.2) is 24.3 Å². The molecule has 0 aromatic heterocycles. The highest BCUT2D eigenvalue weighted by atomic mass is 16.1. The molecule has 0 saturated heterocycles. The Bertz CT molecular complexity index is 394. The third-order valence-corrected chi connectivity index (χ3v) is 3.79. The molecule has 0 spiro atoms. The number of anilines is 1. The fourth-order valence-electron chi connectivity index (χ4n) is 2.57. The predicted molar refractivity (Wildman–Crippen MR) is 79.3 cm³/mol. The monoisotopic (exact) mass is 260 g/mol. The van der Waals surface area contributed by atoms with E-state index in [0.717, 1.165) is 24.9 Å². The maximum Gasteiger partial charge on any atom is 0.239 e. The van der Waals surface area contributed by atoms with E-state index in [1.165, 1.54) is 24.8 Å². The van der Waals surface area contributed by atoms with Gasteiger partial charge < -0.3 is 10.6 Å². The normalized spacial score (nSPS) is 16.1. The van der Waals surface area contributed by atoms with Gasteiger partial charge in [-0.15, -0.1) is 0 Å². The maximum atomic E-state index is 11.8. The third-order valence-electron chi connectivity index (χ3n) is 3.79. The van der Waals surface area contributed by atoms with E-state index in [0.29, 0.717) is 12.6 Å². The third kappa shape index (κ3) is 4.58. The summed E-state index contributed by atoms with van der Waals surface area (Å²) in [6.45, 7) is 2.50. The highest BCUT2D eigenvalue weighted by molar-refractivity contribution is 5.80. The molecule has 1 aromatic rings. The zero-order valence-corrected chi connectivity index (χ0v) is 11.7. The summed E-state index contributed by atoms with van der Waals surface area (Å²) in [5.74, 6) is 0.103. The summed E-state index contributed by atoms with van der Waals surface area (Å²) in [5, 5.41) is 6.28. The molecule has 1 aliphatic rings. The Balaban J connectivity index is 1.72. The lowest BCUT2D eigenvalue weighted by Crippen LogP contribution is -2.39. The topological polar surface area (TPSA) is 41.1 Å². The number of hydrogen-bond acceptors (Lipinski definition) is 2. The molecule has 104 valence electrons. The van der Waals surface area contributed by atoms with Gasteiger partial charge in [-0.05, 0) is 37.0 Å². The molecule has 0 bridgehead atoms. The van der Waals surface area contributed by atoms with E-state index >= 15 is 0 Å². The molecule has 0 heterocycles. The van der Waals surface area contributed by atoms with E-state index < -0.39 is 0 Å². The smallest absolute Gasteiger partial charge is 0.239 e. The first-order valence-corrected chi connectivity index (χ1v) is 7.40. The SMILES string of the molecule is CCc1ccc(NCC(=O)NC2CCCCC2)cc1. The van der Waals surface area contributed by atoms with Crippen LogP contribution in [0.1, 0.15) is 44.6 Å². The lowest BCUT2D eigenvalue weighted by molar-refractivity contribution is -0.120. The summed E-state index contributed by atoms with van der Waals surface area (Å²) in [5.41, 5.74) is 2.33. The summed E-state index contributed by atoms with van der Waals surface area (Å²) in [6.07, 6.45) is 7.12. The Hall–Kier alpha value is -1.51. The van der Waals surface area contributed by atoms with Crippen LogP contribution in [0.3, 0.4) is 0 Å². The largest absolute Gasteiger partial charge is 0.376 e. The van der Waals surface area contributed by atoms with E-state index in [-0.39, 0.29) is 5.91 Å². The zero-order valence-electron chi connectivity index (χ0n) is 11.7. The van der Waals surface area contributed by atoms with Crippen LogP contribution in [0.2, 0.25) is 0 Å². The van der Waals surface area contributed by atoms with Crippen LogP contribution in [0.4, 0.5) is 5.69 Å². The molecule has 3 nitrogen and oxygen atoms in total. The van der Waals surface area contributed by atoms with Crippen LogP contribution in [-0.4, -0.2) is 18.5 Å². The van der Waals surface area contributed by atoms with Crippen LogP contribution >= 0.6 is 0 Å². The molecule has 19 heavy (non-hydrogen) atoms. The van der Waals surface area contributed by atoms with Gasteiger partial charge in [0, 0.05) is 11.7 Å². The molecule has 2 rings (SSSR count). The van der Waals surface area contributed by atoms with Crippen molar-refractivity contribution in [3.8, 4) is 0 Å². The molecule has 1 saturated carbocycles. The quantitative estimate of drug-likeness (QED) is 0.854. The molecule has 1 aromatic carbocycles. The number of nitrogens with one attached hydrogen (secondary N) is 2. The lowest BCUT2D eigenvalue weighted by Gasteiger charge is -2.22. The first-order chi connectivity index (χ1) is 9.28. The zero-order chi connectivity index (χ0) is 13.5. The molecule has 0 aliphatic heterocycles. The van der Waals surface area contributed by atoms with Crippen molar-refractivity contribution >= 4 is 11.6 Å². The Morgan fingerprint density at radius 2 is 1.84 bits per heavy atom. The number of hydrogen-bond donors (Lipinski definition) is 2. The van der Waals surface area contributed by atoms with Gasteiger partial charge in [0.25, 0.3) is 0 Å². The minimum absolute atomic E-state index is 0.103. The van der Waals surface area contributed by atoms with Gasteiger partial charge in [0.15, 0.2) is 0 Å². The van der Waals surface area contributed by atoms with Gasteiger partial charge in [-0.1, -0.05) is 38.3 Å². The molecule has 1 amide bonds. The Morgan fingerprint density at radius 1 is 1.16 bits per heavy atom. The number of benzene rings is 1. The molecule has 1 aliphatic carbocycles. The van der Waals surface area contributed by atoms with E-state index in [4.69, 9.17) is 0 Å². The van der Waals surface area contributed by atoms with Gasteiger partial charge in [0.05, 0.1) is 6.54 Å². The number of carbonyl (C=O) groups excluding carboxylic acids is 1. The number of carbonyl (C=O) groups is 1. The Labute approximate surface area is 115 Å².